The van der Waals surface area contributed by atoms with E-state index >= 15 is 0 Å². The van der Waals surface area contributed by atoms with Gasteiger partial charge in [-0.15, -0.1) is 0 Å². The first-order valence-electron chi connectivity index (χ1n) is 9.32. The molecule has 2 rings (SSSR count). The highest BCUT2D eigenvalue weighted by molar-refractivity contribution is 6.07. The predicted octanol–water partition coefficient (Wildman–Crippen LogP) is 2.98. The van der Waals surface area contributed by atoms with Crippen molar-refractivity contribution in [2.75, 3.05) is 24.9 Å². The molecule has 0 saturated carbocycles. The number of methoxy groups -OCH3 is 2. The van der Waals surface area contributed by atoms with Crippen molar-refractivity contribution in [3.8, 4) is 11.5 Å². The topological polar surface area (TPSA) is 111 Å². The molecule has 2 N–H and O–H groups in total. The Kier molecular flexibility index (Phi) is 8.56. The van der Waals surface area contributed by atoms with E-state index in [1.165, 1.54) is 14.2 Å². The van der Waals surface area contributed by atoms with Crippen molar-refractivity contribution in [2.24, 2.45) is 0 Å². The highest BCUT2D eigenvalue weighted by Crippen LogP contribution is 2.24. The molecule has 8 heteroatoms. The molecular weight excluding hydrogens is 388 g/mol. The van der Waals surface area contributed by atoms with Crippen LogP contribution in [0.5, 0.6) is 11.5 Å². The van der Waals surface area contributed by atoms with E-state index < -0.39 is 11.8 Å². The first-order valence-corrected chi connectivity index (χ1v) is 9.32. The second-order valence-corrected chi connectivity index (χ2v) is 6.43. The summed E-state index contributed by atoms with van der Waals surface area (Å²) in [7, 11) is 2.96. The summed E-state index contributed by atoms with van der Waals surface area (Å²) in [5.74, 6) is -0.803. The summed E-state index contributed by atoms with van der Waals surface area (Å²) in [4.78, 5) is 48.1. The lowest BCUT2D eigenvalue weighted by atomic mass is 10.1. The summed E-state index contributed by atoms with van der Waals surface area (Å²) in [6, 6.07) is 13.7. The molecule has 0 unspecified atom stereocenters. The van der Waals surface area contributed by atoms with Gasteiger partial charge < -0.3 is 20.1 Å². The average Bonchev–Trinajstić information content (AvgIpc) is 2.73. The molecule has 0 spiro atoms. The fourth-order valence-corrected chi connectivity index (χ4v) is 2.70. The lowest BCUT2D eigenvalue weighted by Gasteiger charge is -2.10. The van der Waals surface area contributed by atoms with E-state index in [9.17, 15) is 19.2 Å². The van der Waals surface area contributed by atoms with Gasteiger partial charge in [0.1, 0.15) is 23.1 Å². The number of nitrogens with one attached hydrogen (secondary N) is 2. The molecule has 0 aliphatic heterocycles. The highest BCUT2D eigenvalue weighted by Gasteiger charge is 2.16. The fraction of sp³-hybridized carbons (Fsp3) is 0.273. The summed E-state index contributed by atoms with van der Waals surface area (Å²) in [5, 5.41) is 5.21. The number of para-hydroxylation sites is 4. The van der Waals surface area contributed by atoms with Crippen molar-refractivity contribution < 1.29 is 28.7 Å². The Morgan fingerprint density at radius 1 is 0.667 bits per heavy atom. The molecule has 0 bridgehead atoms. The molecule has 30 heavy (non-hydrogen) atoms. The number of hydrogen-bond acceptors (Lipinski definition) is 6. The van der Waals surface area contributed by atoms with E-state index in [0.717, 1.165) is 0 Å². The van der Waals surface area contributed by atoms with Crippen LogP contribution in [-0.4, -0.2) is 37.6 Å². The van der Waals surface area contributed by atoms with Gasteiger partial charge in [-0.25, -0.2) is 0 Å². The molecule has 0 heterocycles. The van der Waals surface area contributed by atoms with Gasteiger partial charge in [0.05, 0.1) is 38.4 Å². The number of carbonyl (C=O) groups is 4. The second kappa shape index (κ2) is 11.4. The Morgan fingerprint density at radius 2 is 1.03 bits per heavy atom. The van der Waals surface area contributed by atoms with Crippen LogP contribution >= 0.6 is 0 Å². The number of carbonyl (C=O) groups excluding carboxylic acids is 4. The van der Waals surface area contributed by atoms with E-state index in [1.54, 1.807) is 48.5 Å². The maximum Gasteiger partial charge on any atom is 0.231 e. The zero-order chi connectivity index (χ0) is 21.9. The number of Topliss-reactive ketones (excluding diaryl/α,β-unsaturated/α-hetero) is 2. The van der Waals surface area contributed by atoms with Gasteiger partial charge in [-0.3, -0.25) is 19.2 Å². The summed E-state index contributed by atoms with van der Waals surface area (Å²) in [6.07, 6.45) is -0.947. The lowest BCUT2D eigenvalue weighted by molar-refractivity contribution is -0.130. The van der Waals surface area contributed by atoms with Crippen molar-refractivity contribution in [3.63, 3.8) is 0 Å². The largest absolute Gasteiger partial charge is 0.495 e. The molecule has 8 nitrogen and oxygen atoms in total. The van der Waals surface area contributed by atoms with Crippen molar-refractivity contribution in [1.82, 2.24) is 0 Å². The molecule has 0 saturated heterocycles. The quantitative estimate of drug-likeness (QED) is 0.549. The Labute approximate surface area is 174 Å². The number of amides is 2. The summed E-state index contributed by atoms with van der Waals surface area (Å²) in [5.41, 5.74) is 0.920. The van der Waals surface area contributed by atoms with E-state index in [4.69, 9.17) is 9.47 Å². The van der Waals surface area contributed by atoms with E-state index in [-0.39, 0.29) is 37.2 Å². The van der Waals surface area contributed by atoms with Gasteiger partial charge in [0.2, 0.25) is 11.8 Å². The average molecular weight is 412 g/mol. The maximum atomic E-state index is 12.0. The van der Waals surface area contributed by atoms with E-state index in [1.807, 2.05) is 0 Å². The summed E-state index contributed by atoms with van der Waals surface area (Å²) < 4.78 is 10.3. The standard InChI is InChI=1S/C22H24N2O6/c1-29-19-9-5-3-7-17(19)23-21(27)13-15(25)11-12-16(26)14-22(28)24-18-8-4-6-10-20(18)30-2/h3-10H,11-14H2,1-2H3,(H,23,27)(H,24,28). The van der Waals surface area contributed by atoms with Gasteiger partial charge >= 0.3 is 0 Å². The van der Waals surface area contributed by atoms with Gasteiger partial charge in [-0.05, 0) is 24.3 Å². The van der Waals surface area contributed by atoms with Crippen molar-refractivity contribution in [1.29, 1.82) is 0 Å². The maximum absolute atomic E-state index is 12.0. The molecule has 2 aromatic carbocycles. The van der Waals surface area contributed by atoms with Crippen LogP contribution in [0.3, 0.4) is 0 Å². The van der Waals surface area contributed by atoms with Crippen LogP contribution in [0.15, 0.2) is 48.5 Å². The Morgan fingerprint density at radius 3 is 1.40 bits per heavy atom. The summed E-state index contributed by atoms with van der Waals surface area (Å²) in [6.45, 7) is 0. The fourth-order valence-electron chi connectivity index (χ4n) is 2.70. The molecule has 0 aliphatic carbocycles. The molecule has 2 amide bonds. The minimum Gasteiger partial charge on any atom is -0.495 e. The predicted molar refractivity (Wildman–Crippen MR) is 112 cm³/mol. The zero-order valence-corrected chi connectivity index (χ0v) is 16.9. The van der Waals surface area contributed by atoms with E-state index in [0.29, 0.717) is 22.9 Å². The number of hydrogen-bond donors (Lipinski definition) is 2. The van der Waals surface area contributed by atoms with Gasteiger partial charge in [0.25, 0.3) is 0 Å². The molecule has 0 aromatic heterocycles. The minimum atomic E-state index is -0.495. The Balaban J connectivity index is 1.75. The molecule has 0 fully saturated rings. The number of benzene rings is 2. The van der Waals surface area contributed by atoms with Crippen LogP contribution in [0.1, 0.15) is 25.7 Å². The molecule has 0 aliphatic rings. The third-order valence-electron chi connectivity index (χ3n) is 4.16. The zero-order valence-electron chi connectivity index (χ0n) is 16.9. The van der Waals surface area contributed by atoms with Gasteiger partial charge in [0, 0.05) is 12.8 Å². The van der Waals surface area contributed by atoms with E-state index in [2.05, 4.69) is 10.6 Å². The Hall–Kier alpha value is -3.68. The number of ether oxygens (including phenoxy) is 2. The van der Waals surface area contributed by atoms with Crippen molar-refractivity contribution in [2.45, 2.75) is 25.7 Å². The number of anilines is 2. The van der Waals surface area contributed by atoms with Gasteiger partial charge in [-0.2, -0.15) is 0 Å². The smallest absolute Gasteiger partial charge is 0.231 e. The monoisotopic (exact) mass is 412 g/mol. The summed E-state index contributed by atoms with van der Waals surface area (Å²) >= 11 is 0. The first-order chi connectivity index (χ1) is 14.4. The highest BCUT2D eigenvalue weighted by atomic mass is 16.5. The first kappa shape index (κ1) is 22.6. The molecular formula is C22H24N2O6. The number of ketones is 2. The second-order valence-electron chi connectivity index (χ2n) is 6.43. The van der Waals surface area contributed by atoms with Crippen LogP contribution in [-0.2, 0) is 19.2 Å². The third kappa shape index (κ3) is 7.05. The molecule has 2 aromatic rings. The van der Waals surface area contributed by atoms with Crippen molar-refractivity contribution >= 4 is 34.8 Å². The normalized spacial score (nSPS) is 10.1. The van der Waals surface area contributed by atoms with Gasteiger partial charge in [-0.1, -0.05) is 24.3 Å². The molecule has 0 atom stereocenters. The minimum absolute atomic E-state index is 0.111. The van der Waals surface area contributed by atoms with Gasteiger partial charge in [0.15, 0.2) is 0 Å². The van der Waals surface area contributed by atoms with Crippen LogP contribution in [0.4, 0.5) is 11.4 Å². The Bertz CT molecular complexity index is 850. The van der Waals surface area contributed by atoms with Crippen LogP contribution < -0.4 is 20.1 Å². The van der Waals surface area contributed by atoms with Crippen LogP contribution in [0, 0.1) is 0 Å². The van der Waals surface area contributed by atoms with Crippen LogP contribution in [0.2, 0.25) is 0 Å². The van der Waals surface area contributed by atoms with Crippen molar-refractivity contribution in [3.05, 3.63) is 48.5 Å². The molecule has 0 radical (unpaired) electrons. The molecule has 158 valence electrons. The number of rotatable bonds is 11. The SMILES string of the molecule is COc1ccccc1NC(=O)CC(=O)CCC(=O)CC(=O)Nc1ccccc1OC. The van der Waals surface area contributed by atoms with Crippen LogP contribution in [0.25, 0.3) is 0 Å². The third-order valence-corrected chi connectivity index (χ3v) is 4.16. The lowest BCUT2D eigenvalue weighted by Crippen LogP contribution is -2.19.